The Bertz CT molecular complexity index is 507. The predicted octanol–water partition coefficient (Wildman–Crippen LogP) is 1.94. The highest BCUT2D eigenvalue weighted by molar-refractivity contribution is 9.10. The van der Waals surface area contributed by atoms with Crippen LogP contribution in [0.4, 0.5) is 0 Å². The van der Waals surface area contributed by atoms with Crippen LogP contribution in [-0.2, 0) is 0 Å². The van der Waals surface area contributed by atoms with Crippen molar-refractivity contribution in [1.29, 1.82) is 0 Å². The van der Waals surface area contributed by atoms with Crippen LogP contribution in [0.1, 0.15) is 10.5 Å². The molecule has 5 heteroatoms. The lowest BCUT2D eigenvalue weighted by molar-refractivity contribution is 0.0995. The Morgan fingerprint density at radius 1 is 1.40 bits per heavy atom. The van der Waals surface area contributed by atoms with Crippen molar-refractivity contribution in [3.05, 3.63) is 40.5 Å². The van der Waals surface area contributed by atoms with Crippen molar-refractivity contribution in [2.75, 3.05) is 0 Å². The highest BCUT2D eigenvalue weighted by Gasteiger charge is 2.07. The monoisotopic (exact) mass is 265 g/mol. The summed E-state index contributed by atoms with van der Waals surface area (Å²) in [6, 6.07) is 9.28. The Balaban J connectivity index is 2.41. The van der Waals surface area contributed by atoms with Crippen LogP contribution < -0.4 is 5.73 Å². The van der Waals surface area contributed by atoms with E-state index in [1.54, 1.807) is 6.07 Å². The average Bonchev–Trinajstić information content (AvgIpc) is 2.66. The predicted molar refractivity (Wildman–Crippen MR) is 60.2 cm³/mol. The molecular weight excluding hydrogens is 258 g/mol. The molecular formula is C10H8BrN3O. The van der Waals surface area contributed by atoms with Crippen LogP contribution in [0.3, 0.4) is 0 Å². The molecule has 0 bridgehead atoms. The van der Waals surface area contributed by atoms with E-state index in [0.29, 0.717) is 11.4 Å². The molecule has 0 radical (unpaired) electrons. The number of rotatable bonds is 2. The lowest BCUT2D eigenvalue weighted by atomic mass is 10.1. The minimum absolute atomic E-state index is 0.310. The summed E-state index contributed by atoms with van der Waals surface area (Å²) in [7, 11) is 0. The fraction of sp³-hybridized carbons (Fsp3) is 0. The molecule has 2 aromatic rings. The van der Waals surface area contributed by atoms with E-state index in [1.807, 2.05) is 24.3 Å². The standard InChI is InChI=1S/C10H8BrN3O/c11-7-3-1-2-6(4-7)8-5-9(10(12)15)14-13-8/h1-5H,(H2,12,15)(H,13,14). The molecule has 1 amide bonds. The molecule has 0 saturated heterocycles. The number of primary amides is 1. The molecule has 1 heterocycles. The zero-order chi connectivity index (χ0) is 10.8. The van der Waals surface area contributed by atoms with Crippen LogP contribution in [0, 0.1) is 0 Å². The third kappa shape index (κ3) is 2.07. The van der Waals surface area contributed by atoms with Gasteiger partial charge in [0.05, 0.1) is 5.69 Å². The van der Waals surface area contributed by atoms with E-state index >= 15 is 0 Å². The molecule has 76 valence electrons. The van der Waals surface area contributed by atoms with Gasteiger partial charge in [-0.15, -0.1) is 0 Å². The maximum atomic E-state index is 10.9. The number of benzene rings is 1. The van der Waals surface area contributed by atoms with Crippen LogP contribution in [0.5, 0.6) is 0 Å². The maximum absolute atomic E-state index is 10.9. The Kier molecular flexibility index (Phi) is 2.55. The summed E-state index contributed by atoms with van der Waals surface area (Å²) >= 11 is 3.37. The van der Waals surface area contributed by atoms with Gasteiger partial charge < -0.3 is 5.73 Å². The molecule has 2 rings (SSSR count). The van der Waals surface area contributed by atoms with Gasteiger partial charge in [0.2, 0.25) is 0 Å². The lowest BCUT2D eigenvalue weighted by Gasteiger charge is -1.95. The van der Waals surface area contributed by atoms with E-state index in [4.69, 9.17) is 5.73 Å². The second kappa shape index (κ2) is 3.86. The second-order valence-electron chi connectivity index (χ2n) is 3.04. The first kappa shape index (κ1) is 9.92. The van der Waals surface area contributed by atoms with Gasteiger partial charge in [-0.05, 0) is 18.2 Å². The second-order valence-corrected chi connectivity index (χ2v) is 3.96. The molecule has 0 unspecified atom stereocenters. The molecule has 3 N–H and O–H groups in total. The number of nitrogens with zero attached hydrogens (tertiary/aromatic N) is 1. The smallest absolute Gasteiger partial charge is 0.266 e. The van der Waals surface area contributed by atoms with Gasteiger partial charge in [-0.1, -0.05) is 28.1 Å². The van der Waals surface area contributed by atoms with E-state index in [1.165, 1.54) is 0 Å². The van der Waals surface area contributed by atoms with E-state index < -0.39 is 5.91 Å². The quantitative estimate of drug-likeness (QED) is 0.871. The number of H-pyrrole nitrogens is 1. The van der Waals surface area contributed by atoms with E-state index in [9.17, 15) is 4.79 Å². The number of hydrogen-bond donors (Lipinski definition) is 2. The number of halogens is 1. The number of aromatic nitrogens is 2. The normalized spacial score (nSPS) is 10.2. The summed E-state index contributed by atoms with van der Waals surface area (Å²) in [4.78, 5) is 10.9. The van der Waals surface area contributed by atoms with Gasteiger partial charge in [0.15, 0.2) is 0 Å². The molecule has 0 saturated carbocycles. The highest BCUT2D eigenvalue weighted by atomic mass is 79.9. The molecule has 0 fully saturated rings. The van der Waals surface area contributed by atoms with Crippen molar-refractivity contribution in [3.63, 3.8) is 0 Å². The summed E-state index contributed by atoms with van der Waals surface area (Å²) in [6.07, 6.45) is 0. The topological polar surface area (TPSA) is 71.8 Å². The van der Waals surface area contributed by atoms with Crippen molar-refractivity contribution in [2.24, 2.45) is 5.73 Å². The van der Waals surface area contributed by atoms with E-state index in [2.05, 4.69) is 26.1 Å². The molecule has 0 aliphatic heterocycles. The molecule has 1 aromatic heterocycles. The average molecular weight is 266 g/mol. The molecule has 0 atom stereocenters. The first-order valence-electron chi connectivity index (χ1n) is 4.28. The zero-order valence-electron chi connectivity index (χ0n) is 7.70. The van der Waals surface area contributed by atoms with Gasteiger partial charge >= 0.3 is 0 Å². The summed E-state index contributed by atoms with van der Waals surface area (Å²) < 4.78 is 0.962. The minimum atomic E-state index is -0.510. The Morgan fingerprint density at radius 2 is 2.20 bits per heavy atom. The van der Waals surface area contributed by atoms with Crippen LogP contribution >= 0.6 is 15.9 Å². The molecule has 1 aromatic carbocycles. The molecule has 0 spiro atoms. The van der Waals surface area contributed by atoms with E-state index in [0.717, 1.165) is 10.0 Å². The molecule has 0 aliphatic carbocycles. The van der Waals surface area contributed by atoms with Gasteiger partial charge in [-0.25, -0.2) is 0 Å². The van der Waals surface area contributed by atoms with Crippen molar-refractivity contribution >= 4 is 21.8 Å². The van der Waals surface area contributed by atoms with Crippen LogP contribution in [0.15, 0.2) is 34.8 Å². The Labute approximate surface area is 94.6 Å². The number of carbonyl (C=O) groups excluding carboxylic acids is 1. The summed E-state index contributed by atoms with van der Waals surface area (Å²) in [5, 5.41) is 6.59. The van der Waals surface area contributed by atoms with Crippen molar-refractivity contribution in [3.8, 4) is 11.3 Å². The third-order valence-corrected chi connectivity index (χ3v) is 2.46. The lowest BCUT2D eigenvalue weighted by Crippen LogP contribution is -2.10. The van der Waals surface area contributed by atoms with Gasteiger partial charge in [0, 0.05) is 10.0 Å². The number of nitrogens with two attached hydrogens (primary N) is 1. The van der Waals surface area contributed by atoms with Crippen LogP contribution in [-0.4, -0.2) is 16.1 Å². The van der Waals surface area contributed by atoms with E-state index in [-0.39, 0.29) is 0 Å². The number of aromatic amines is 1. The Hall–Kier alpha value is -1.62. The summed E-state index contributed by atoms with van der Waals surface area (Å²) in [6.45, 7) is 0. The summed E-state index contributed by atoms with van der Waals surface area (Å²) in [5.74, 6) is -0.510. The molecule has 15 heavy (non-hydrogen) atoms. The number of amides is 1. The fourth-order valence-corrected chi connectivity index (χ4v) is 1.64. The van der Waals surface area contributed by atoms with Gasteiger partial charge in [0.25, 0.3) is 5.91 Å². The molecule has 4 nitrogen and oxygen atoms in total. The highest BCUT2D eigenvalue weighted by Crippen LogP contribution is 2.21. The number of hydrogen-bond acceptors (Lipinski definition) is 2. The van der Waals surface area contributed by atoms with Crippen molar-refractivity contribution in [1.82, 2.24) is 10.2 Å². The first-order valence-corrected chi connectivity index (χ1v) is 5.07. The maximum Gasteiger partial charge on any atom is 0.266 e. The Morgan fingerprint density at radius 3 is 2.80 bits per heavy atom. The largest absolute Gasteiger partial charge is 0.364 e. The van der Waals surface area contributed by atoms with Gasteiger partial charge in [-0.2, -0.15) is 5.10 Å². The van der Waals surface area contributed by atoms with Crippen LogP contribution in [0.25, 0.3) is 11.3 Å². The van der Waals surface area contributed by atoms with Crippen molar-refractivity contribution in [2.45, 2.75) is 0 Å². The zero-order valence-corrected chi connectivity index (χ0v) is 9.28. The minimum Gasteiger partial charge on any atom is -0.364 e. The fourth-order valence-electron chi connectivity index (χ4n) is 1.24. The number of carbonyl (C=O) groups is 1. The SMILES string of the molecule is NC(=O)c1cc(-c2cccc(Br)c2)n[nH]1. The van der Waals surface area contributed by atoms with Crippen molar-refractivity contribution < 1.29 is 4.79 Å². The van der Waals surface area contributed by atoms with Gasteiger partial charge in [0.1, 0.15) is 5.69 Å². The molecule has 0 aliphatic rings. The number of nitrogens with one attached hydrogen (secondary N) is 1. The third-order valence-electron chi connectivity index (χ3n) is 1.96. The summed E-state index contributed by atoms with van der Waals surface area (Å²) in [5.41, 5.74) is 7.05. The van der Waals surface area contributed by atoms with Gasteiger partial charge in [-0.3, -0.25) is 9.89 Å². The van der Waals surface area contributed by atoms with Crippen LogP contribution in [0.2, 0.25) is 0 Å². The first-order chi connectivity index (χ1) is 7.16.